The molecule has 0 heterocycles. The first-order valence-electron chi connectivity index (χ1n) is 0.956. The summed E-state index contributed by atoms with van der Waals surface area (Å²) in [4.78, 5) is 12.4. The topological polar surface area (TPSA) is 52.4 Å². The normalized spacial score (nSPS) is 5.50. The maximum absolute atomic E-state index is 8.95. The molecule has 0 unspecified atom stereocenters. The number of nitrogens with zero attached hydrogens (tertiary/aromatic N) is 1. The summed E-state index contributed by atoms with van der Waals surface area (Å²) < 4.78 is 0. The van der Waals surface area contributed by atoms with Crippen LogP contribution in [0.1, 0.15) is 0 Å². The first-order chi connectivity index (χ1) is 2.27. The van der Waals surface area contributed by atoms with E-state index in [1.54, 1.807) is 0 Å². The number of hydrogen-bond acceptors (Lipinski definition) is 3. The van der Waals surface area contributed by atoms with E-state index >= 15 is 0 Å². The zero-order chi connectivity index (χ0) is 4.28. The van der Waals surface area contributed by atoms with Crippen LogP contribution in [0.5, 0.6) is 0 Å². The zero-order valence-electron chi connectivity index (χ0n) is 3.38. The molecular weight excluding hydrogens is 114 g/mol. The van der Waals surface area contributed by atoms with Crippen LogP contribution < -0.4 is 0 Å². The summed E-state index contributed by atoms with van der Waals surface area (Å²) in [5.74, 6) is 0. The van der Waals surface area contributed by atoms with Crippen LogP contribution >= 0.6 is 0 Å². The molecule has 4 nitrogen and oxygen atoms in total. The Hall–Kier alpha value is 0.460. The Morgan fingerprint density at radius 3 is 2.00 bits per heavy atom. The van der Waals surface area contributed by atoms with Crippen molar-refractivity contribution < 1.29 is 9.92 Å². The molecule has 0 saturated heterocycles. The largest absolute Gasteiger partial charge is 2.00 e. The minimum absolute atomic E-state index is 0. The van der Waals surface area contributed by atoms with Gasteiger partial charge in [-0.25, -0.2) is 0 Å². The molecule has 0 atom stereocenters. The second kappa shape index (κ2) is 5.46. The first-order valence-corrected chi connectivity index (χ1v) is 0.956. The van der Waals surface area contributed by atoms with Gasteiger partial charge in [0.25, 0.3) is 5.09 Å². The second-order valence-electron chi connectivity index (χ2n) is 0.406. The fraction of sp³-hybridized carbons (Fsp3) is 1.00. The van der Waals surface area contributed by atoms with Crippen LogP contribution in [0.15, 0.2) is 0 Å². The van der Waals surface area contributed by atoms with Gasteiger partial charge in [-0.15, -0.1) is 10.1 Å². The Balaban J connectivity index is 0. The van der Waals surface area contributed by atoms with E-state index in [0.29, 0.717) is 0 Å². The van der Waals surface area contributed by atoms with Gasteiger partial charge in [-0.05, 0) is 0 Å². The van der Waals surface area contributed by atoms with Gasteiger partial charge in [0.1, 0.15) is 0 Å². The van der Waals surface area contributed by atoms with Crippen molar-refractivity contribution in [3.63, 3.8) is 0 Å². The smallest absolute Gasteiger partial charge is 0.317 e. The van der Waals surface area contributed by atoms with Gasteiger partial charge >= 0.3 is 37.7 Å². The van der Waals surface area contributed by atoms with Gasteiger partial charge in [0.15, 0.2) is 0 Å². The quantitative estimate of drug-likeness (QED) is 0.263. The van der Waals surface area contributed by atoms with E-state index in [-0.39, 0.29) is 37.7 Å². The predicted molar refractivity (Wildman–Crippen MR) is 19.8 cm³/mol. The van der Waals surface area contributed by atoms with E-state index in [9.17, 15) is 0 Å². The average molecular weight is 117 g/mol. The molecule has 0 bridgehead atoms. The summed E-state index contributed by atoms with van der Waals surface area (Å²) >= 11 is 0. The van der Waals surface area contributed by atoms with Crippen LogP contribution in [0.3, 0.4) is 0 Å². The average Bonchev–Trinajstić information content (AvgIpc) is 1.38. The molecule has 30 valence electrons. The second-order valence-corrected chi connectivity index (χ2v) is 0.406. The van der Waals surface area contributed by atoms with Crippen molar-refractivity contribution in [3.05, 3.63) is 10.1 Å². The third-order valence-corrected chi connectivity index (χ3v) is 0.149. The molecule has 6 heavy (non-hydrogen) atoms. The summed E-state index contributed by atoms with van der Waals surface area (Å²) in [6.45, 7) is 0. The molecule has 0 aliphatic carbocycles. The third-order valence-electron chi connectivity index (χ3n) is 0.149. The van der Waals surface area contributed by atoms with Crippen molar-refractivity contribution in [3.8, 4) is 0 Å². The molecule has 0 spiro atoms. The molecule has 0 aromatic heterocycles. The Bertz CT molecular complexity index is 46.1. The molecule has 5 heteroatoms. The maximum Gasteiger partial charge on any atom is 2.00 e. The van der Waals surface area contributed by atoms with Crippen LogP contribution in [-0.2, 0) is 4.84 Å². The summed E-state index contributed by atoms with van der Waals surface area (Å²) in [5, 5.41) is 8.08. The molecule has 0 fully saturated rings. The molecule has 0 aliphatic rings. The molecule has 0 saturated carbocycles. The van der Waals surface area contributed by atoms with E-state index in [1.165, 1.54) is 0 Å². The van der Waals surface area contributed by atoms with Crippen molar-refractivity contribution in [2.24, 2.45) is 0 Å². The molecule has 0 aromatic carbocycles. The molecule has 0 amide bonds. The molecule has 0 N–H and O–H groups in total. The Labute approximate surface area is 64.6 Å². The fourth-order valence-electron chi connectivity index (χ4n) is 0. The van der Waals surface area contributed by atoms with Crippen LogP contribution in [0, 0.1) is 10.1 Å². The number of hydrogen-bond donors (Lipinski definition) is 0. The van der Waals surface area contributed by atoms with Crippen molar-refractivity contribution in [1.29, 1.82) is 0 Å². The standard InChI is InChI=1S/CH3NO3.Ca/c1-5-2(3)4;/h1H3;/q;+2. The fourth-order valence-corrected chi connectivity index (χ4v) is 0. The van der Waals surface area contributed by atoms with Crippen LogP contribution in [0.25, 0.3) is 0 Å². The Kier molecular flexibility index (Phi) is 8.81. The van der Waals surface area contributed by atoms with Crippen molar-refractivity contribution in [2.75, 3.05) is 7.11 Å². The Morgan fingerprint density at radius 2 is 2.00 bits per heavy atom. The molecule has 0 rings (SSSR count). The zero-order valence-corrected chi connectivity index (χ0v) is 5.59. The van der Waals surface area contributed by atoms with Gasteiger partial charge in [0.2, 0.25) is 0 Å². The monoisotopic (exact) mass is 117 g/mol. The van der Waals surface area contributed by atoms with Gasteiger partial charge in [-0.1, -0.05) is 0 Å². The maximum atomic E-state index is 8.95. The van der Waals surface area contributed by atoms with Crippen molar-refractivity contribution >= 4 is 37.7 Å². The number of rotatable bonds is 1. The van der Waals surface area contributed by atoms with Gasteiger partial charge < -0.3 is 4.84 Å². The molecule has 0 aliphatic heterocycles. The van der Waals surface area contributed by atoms with Crippen LogP contribution in [-0.4, -0.2) is 49.9 Å². The van der Waals surface area contributed by atoms with Gasteiger partial charge in [0, 0.05) is 0 Å². The minimum atomic E-state index is -0.875. The van der Waals surface area contributed by atoms with Crippen molar-refractivity contribution in [1.82, 2.24) is 0 Å². The van der Waals surface area contributed by atoms with E-state index in [0.717, 1.165) is 7.11 Å². The van der Waals surface area contributed by atoms with Crippen LogP contribution in [0.4, 0.5) is 0 Å². The summed E-state index contributed by atoms with van der Waals surface area (Å²) in [7, 11) is 1.00. The van der Waals surface area contributed by atoms with E-state index in [1.807, 2.05) is 0 Å². The summed E-state index contributed by atoms with van der Waals surface area (Å²) in [5.41, 5.74) is 0. The summed E-state index contributed by atoms with van der Waals surface area (Å²) in [6.07, 6.45) is 0. The van der Waals surface area contributed by atoms with Gasteiger partial charge in [-0.2, -0.15) is 0 Å². The van der Waals surface area contributed by atoms with Crippen molar-refractivity contribution in [2.45, 2.75) is 0 Å². The van der Waals surface area contributed by atoms with Crippen LogP contribution in [0.2, 0.25) is 0 Å². The van der Waals surface area contributed by atoms with Gasteiger partial charge in [-0.3, -0.25) is 0 Å². The predicted octanol–water partition coefficient (Wildman–Crippen LogP) is -0.556. The van der Waals surface area contributed by atoms with E-state index < -0.39 is 5.09 Å². The molecular formula is CH3CaNO3+2. The summed E-state index contributed by atoms with van der Waals surface area (Å²) in [6, 6.07) is 0. The molecule has 0 aromatic rings. The van der Waals surface area contributed by atoms with E-state index in [4.69, 9.17) is 10.1 Å². The van der Waals surface area contributed by atoms with E-state index in [2.05, 4.69) is 4.84 Å². The first kappa shape index (κ1) is 9.68. The SMILES string of the molecule is CO[N+](=O)[O-].[Ca+2]. The van der Waals surface area contributed by atoms with Gasteiger partial charge in [0.05, 0.1) is 7.11 Å². The Morgan fingerprint density at radius 1 is 1.83 bits per heavy atom. The minimum Gasteiger partial charge on any atom is -0.317 e. The third kappa shape index (κ3) is 8.82. The molecule has 0 radical (unpaired) electrons.